The molecule has 1 amide bonds. The van der Waals surface area contributed by atoms with E-state index in [2.05, 4.69) is 20.8 Å². The Morgan fingerprint density at radius 3 is 2.18 bits per heavy atom. The molecule has 0 radical (unpaired) electrons. The molecule has 1 fully saturated rings. The van der Waals surface area contributed by atoms with Crippen molar-refractivity contribution in [2.75, 3.05) is 13.7 Å². The van der Waals surface area contributed by atoms with Crippen molar-refractivity contribution >= 4 is 5.91 Å². The first-order valence-corrected chi connectivity index (χ1v) is 6.74. The molecular formula is C14H27NO2. The second kappa shape index (κ2) is 5.85. The van der Waals surface area contributed by atoms with Crippen LogP contribution >= 0.6 is 0 Å². The molecule has 0 aliphatic heterocycles. The summed E-state index contributed by atoms with van der Waals surface area (Å²) in [5.41, 5.74) is -0.0843. The average molecular weight is 241 g/mol. The maximum Gasteiger partial charge on any atom is 0.225 e. The number of amides is 1. The number of nitrogens with zero attached hydrogens (tertiary/aromatic N) is 1. The molecule has 0 aromatic rings. The molecule has 100 valence electrons. The predicted molar refractivity (Wildman–Crippen MR) is 69.7 cm³/mol. The molecule has 3 heteroatoms. The third-order valence-electron chi connectivity index (χ3n) is 4.07. The molecule has 1 N–H and O–H groups in total. The second-order valence-electron chi connectivity index (χ2n) is 6.30. The van der Waals surface area contributed by atoms with Crippen LogP contribution in [-0.4, -0.2) is 35.1 Å². The fourth-order valence-electron chi connectivity index (χ4n) is 2.49. The second-order valence-corrected chi connectivity index (χ2v) is 6.30. The molecule has 0 bridgehead atoms. The standard InChI is InChI=1S/C14H27NO2/c1-14(2,3)15(4)13(17)12-7-5-11(6-8-12)9-10-16/h11-12,16H,5-10H2,1-4H3. The summed E-state index contributed by atoms with van der Waals surface area (Å²) in [4.78, 5) is 14.2. The molecule has 0 heterocycles. The Balaban J connectivity index is 2.46. The minimum atomic E-state index is -0.0843. The van der Waals surface area contributed by atoms with Crippen molar-refractivity contribution in [2.24, 2.45) is 11.8 Å². The quantitative estimate of drug-likeness (QED) is 0.824. The van der Waals surface area contributed by atoms with Crippen molar-refractivity contribution in [3.05, 3.63) is 0 Å². The summed E-state index contributed by atoms with van der Waals surface area (Å²) in [6.45, 7) is 6.50. The van der Waals surface area contributed by atoms with Gasteiger partial charge in [-0.3, -0.25) is 4.79 Å². The van der Waals surface area contributed by atoms with Gasteiger partial charge in [-0.1, -0.05) is 0 Å². The highest BCUT2D eigenvalue weighted by molar-refractivity contribution is 5.79. The van der Waals surface area contributed by atoms with Gasteiger partial charge in [0.25, 0.3) is 0 Å². The van der Waals surface area contributed by atoms with Gasteiger partial charge in [0, 0.05) is 25.1 Å². The van der Waals surface area contributed by atoms with E-state index in [1.807, 2.05) is 11.9 Å². The number of rotatable bonds is 3. The zero-order chi connectivity index (χ0) is 13.1. The van der Waals surface area contributed by atoms with E-state index in [-0.39, 0.29) is 18.1 Å². The minimum absolute atomic E-state index is 0.0843. The lowest BCUT2D eigenvalue weighted by molar-refractivity contribution is -0.139. The first-order chi connectivity index (χ1) is 7.86. The number of aliphatic hydroxyl groups is 1. The summed E-state index contributed by atoms with van der Waals surface area (Å²) in [6.07, 6.45) is 5.06. The molecule has 1 aliphatic rings. The molecule has 0 saturated heterocycles. The number of hydrogen-bond donors (Lipinski definition) is 1. The van der Waals surface area contributed by atoms with Crippen LogP contribution in [0, 0.1) is 11.8 Å². The smallest absolute Gasteiger partial charge is 0.225 e. The summed E-state index contributed by atoms with van der Waals surface area (Å²) in [5, 5.41) is 8.91. The van der Waals surface area contributed by atoms with Crippen LogP contribution in [0.5, 0.6) is 0 Å². The molecule has 0 spiro atoms. The molecule has 1 saturated carbocycles. The van der Waals surface area contributed by atoms with Crippen molar-refractivity contribution in [3.63, 3.8) is 0 Å². The summed E-state index contributed by atoms with van der Waals surface area (Å²) in [6, 6.07) is 0. The van der Waals surface area contributed by atoms with Gasteiger partial charge in [0.15, 0.2) is 0 Å². The third-order valence-corrected chi connectivity index (χ3v) is 4.07. The van der Waals surface area contributed by atoms with Crippen molar-refractivity contribution in [2.45, 2.75) is 58.4 Å². The molecule has 17 heavy (non-hydrogen) atoms. The molecule has 1 rings (SSSR count). The van der Waals surface area contributed by atoms with E-state index >= 15 is 0 Å². The van der Waals surface area contributed by atoms with E-state index in [4.69, 9.17) is 5.11 Å². The minimum Gasteiger partial charge on any atom is -0.396 e. The number of hydrogen-bond acceptors (Lipinski definition) is 2. The summed E-state index contributed by atoms with van der Waals surface area (Å²) < 4.78 is 0. The third kappa shape index (κ3) is 3.98. The zero-order valence-corrected chi connectivity index (χ0v) is 11.7. The normalized spacial score (nSPS) is 25.7. The van der Waals surface area contributed by atoms with Crippen molar-refractivity contribution in [3.8, 4) is 0 Å². The van der Waals surface area contributed by atoms with Crippen LogP contribution in [0.25, 0.3) is 0 Å². The Labute approximate surface area is 105 Å². The Morgan fingerprint density at radius 2 is 1.76 bits per heavy atom. The summed E-state index contributed by atoms with van der Waals surface area (Å²) >= 11 is 0. The van der Waals surface area contributed by atoms with Gasteiger partial charge in [0.2, 0.25) is 5.91 Å². The highest BCUT2D eigenvalue weighted by Crippen LogP contribution is 2.32. The van der Waals surface area contributed by atoms with E-state index in [1.54, 1.807) is 0 Å². The van der Waals surface area contributed by atoms with E-state index in [1.165, 1.54) is 0 Å². The van der Waals surface area contributed by atoms with E-state index < -0.39 is 0 Å². The highest BCUT2D eigenvalue weighted by Gasteiger charge is 2.31. The van der Waals surface area contributed by atoms with Gasteiger partial charge in [-0.2, -0.15) is 0 Å². The molecule has 3 nitrogen and oxygen atoms in total. The molecule has 0 aromatic heterocycles. The Morgan fingerprint density at radius 1 is 1.24 bits per heavy atom. The van der Waals surface area contributed by atoms with Gasteiger partial charge in [-0.25, -0.2) is 0 Å². The van der Waals surface area contributed by atoms with E-state index in [0.29, 0.717) is 11.8 Å². The largest absolute Gasteiger partial charge is 0.396 e. The lowest BCUT2D eigenvalue weighted by atomic mass is 9.80. The average Bonchev–Trinajstić information content (AvgIpc) is 2.27. The van der Waals surface area contributed by atoms with Crippen molar-refractivity contribution in [1.82, 2.24) is 4.90 Å². The van der Waals surface area contributed by atoms with Crippen LogP contribution < -0.4 is 0 Å². The maximum atomic E-state index is 12.3. The molecular weight excluding hydrogens is 214 g/mol. The SMILES string of the molecule is CN(C(=O)C1CCC(CCO)CC1)C(C)(C)C. The van der Waals surface area contributed by atoms with Crippen LogP contribution in [0.2, 0.25) is 0 Å². The van der Waals surface area contributed by atoms with Crippen molar-refractivity contribution < 1.29 is 9.90 Å². The Kier molecular flexibility index (Phi) is 4.99. The van der Waals surface area contributed by atoms with E-state index in [9.17, 15) is 4.79 Å². The van der Waals surface area contributed by atoms with Crippen LogP contribution in [0.4, 0.5) is 0 Å². The summed E-state index contributed by atoms with van der Waals surface area (Å²) in [5.74, 6) is 1.12. The molecule has 0 atom stereocenters. The molecule has 1 aliphatic carbocycles. The molecule has 0 unspecified atom stereocenters. The number of aliphatic hydroxyl groups excluding tert-OH is 1. The van der Waals surface area contributed by atoms with Crippen LogP contribution in [-0.2, 0) is 4.79 Å². The number of carbonyl (C=O) groups excluding carboxylic acids is 1. The Hall–Kier alpha value is -0.570. The lowest BCUT2D eigenvalue weighted by Gasteiger charge is -2.37. The number of carbonyl (C=O) groups is 1. The van der Waals surface area contributed by atoms with Gasteiger partial charge in [-0.05, 0) is 58.8 Å². The first kappa shape index (κ1) is 14.5. The fourth-order valence-corrected chi connectivity index (χ4v) is 2.49. The van der Waals surface area contributed by atoms with Crippen molar-refractivity contribution in [1.29, 1.82) is 0 Å². The summed E-state index contributed by atoms with van der Waals surface area (Å²) in [7, 11) is 1.90. The van der Waals surface area contributed by atoms with Gasteiger partial charge in [-0.15, -0.1) is 0 Å². The Bertz CT molecular complexity index is 249. The maximum absolute atomic E-state index is 12.3. The van der Waals surface area contributed by atoms with Gasteiger partial charge < -0.3 is 10.0 Å². The van der Waals surface area contributed by atoms with Gasteiger partial charge >= 0.3 is 0 Å². The van der Waals surface area contributed by atoms with Crippen LogP contribution in [0.1, 0.15) is 52.9 Å². The van der Waals surface area contributed by atoms with Crippen LogP contribution in [0.3, 0.4) is 0 Å². The fraction of sp³-hybridized carbons (Fsp3) is 0.929. The first-order valence-electron chi connectivity index (χ1n) is 6.74. The monoisotopic (exact) mass is 241 g/mol. The van der Waals surface area contributed by atoms with Crippen LogP contribution in [0.15, 0.2) is 0 Å². The topological polar surface area (TPSA) is 40.5 Å². The highest BCUT2D eigenvalue weighted by atomic mass is 16.3. The predicted octanol–water partition coefficient (Wildman–Crippen LogP) is 2.43. The van der Waals surface area contributed by atoms with E-state index in [0.717, 1.165) is 32.1 Å². The lowest BCUT2D eigenvalue weighted by Crippen LogP contribution is -2.46. The zero-order valence-electron chi connectivity index (χ0n) is 11.7. The van der Waals surface area contributed by atoms with Gasteiger partial charge in [0.05, 0.1) is 0 Å². The molecule has 0 aromatic carbocycles. The van der Waals surface area contributed by atoms with Gasteiger partial charge in [0.1, 0.15) is 0 Å².